The Labute approximate surface area is 152 Å². The Balaban J connectivity index is 2.60. The summed E-state index contributed by atoms with van der Waals surface area (Å²) in [7, 11) is -3.23. The van der Waals surface area contributed by atoms with Crippen LogP contribution >= 0.6 is 0 Å². The van der Waals surface area contributed by atoms with Gasteiger partial charge in [-0.15, -0.1) is 0 Å². The summed E-state index contributed by atoms with van der Waals surface area (Å²) >= 11 is 0. The minimum absolute atomic E-state index is 0.0554. The molecule has 0 aliphatic carbocycles. The number of amides is 1. The number of nitrogens with zero attached hydrogens (tertiary/aromatic N) is 1. The fourth-order valence-corrected chi connectivity index (χ4v) is 3.35. The van der Waals surface area contributed by atoms with Crippen molar-refractivity contribution in [2.75, 3.05) is 18.8 Å². The van der Waals surface area contributed by atoms with E-state index in [1.165, 1.54) is 0 Å². The SMILES string of the molecule is CCN(Cc1ccc(C(=O)NCCS(=O)(=O)C(C)(C)C)cc1)C(C)C. The van der Waals surface area contributed by atoms with Gasteiger partial charge in [0.05, 0.1) is 10.5 Å². The lowest BCUT2D eigenvalue weighted by atomic mass is 10.1. The molecule has 0 atom stereocenters. The largest absolute Gasteiger partial charge is 0.351 e. The van der Waals surface area contributed by atoms with Crippen LogP contribution in [0.4, 0.5) is 0 Å². The van der Waals surface area contributed by atoms with Gasteiger partial charge >= 0.3 is 0 Å². The van der Waals surface area contributed by atoms with Crippen molar-refractivity contribution in [3.05, 3.63) is 35.4 Å². The molecule has 0 unspecified atom stereocenters. The van der Waals surface area contributed by atoms with Crippen molar-refractivity contribution in [1.29, 1.82) is 0 Å². The highest BCUT2D eigenvalue weighted by atomic mass is 32.2. The first-order valence-corrected chi connectivity index (χ1v) is 10.5. The summed E-state index contributed by atoms with van der Waals surface area (Å²) < 4.78 is 23.3. The molecule has 0 aliphatic rings. The quantitative estimate of drug-likeness (QED) is 0.766. The Bertz CT molecular complexity index is 659. The molecule has 1 rings (SSSR count). The van der Waals surface area contributed by atoms with Gasteiger partial charge in [0.15, 0.2) is 9.84 Å². The number of hydrogen-bond acceptors (Lipinski definition) is 4. The number of rotatable bonds is 8. The number of hydrogen-bond donors (Lipinski definition) is 1. The lowest BCUT2D eigenvalue weighted by molar-refractivity contribution is 0.0956. The number of carbonyl (C=O) groups excluding carboxylic acids is 1. The van der Waals surface area contributed by atoms with Gasteiger partial charge in [0, 0.05) is 24.7 Å². The third kappa shape index (κ3) is 6.44. The Morgan fingerprint density at radius 1 is 1.16 bits per heavy atom. The van der Waals surface area contributed by atoms with E-state index < -0.39 is 14.6 Å². The molecule has 0 spiro atoms. The fraction of sp³-hybridized carbons (Fsp3) is 0.632. The molecular weight excluding hydrogens is 336 g/mol. The molecule has 1 N–H and O–H groups in total. The van der Waals surface area contributed by atoms with Crippen molar-refractivity contribution in [3.8, 4) is 0 Å². The van der Waals surface area contributed by atoms with Gasteiger partial charge in [-0.3, -0.25) is 9.69 Å². The molecular formula is C19H32N2O3S. The third-order valence-corrected chi connectivity index (χ3v) is 6.94. The maximum absolute atomic E-state index is 12.2. The molecule has 1 aromatic rings. The van der Waals surface area contributed by atoms with Crippen molar-refractivity contribution < 1.29 is 13.2 Å². The Morgan fingerprint density at radius 3 is 2.16 bits per heavy atom. The van der Waals surface area contributed by atoms with E-state index in [0.717, 1.165) is 18.7 Å². The summed E-state index contributed by atoms with van der Waals surface area (Å²) in [5, 5.41) is 2.69. The minimum atomic E-state index is -3.23. The van der Waals surface area contributed by atoms with Gasteiger partial charge in [0.25, 0.3) is 5.91 Å². The molecule has 6 heteroatoms. The zero-order valence-corrected chi connectivity index (χ0v) is 17.1. The lowest BCUT2D eigenvalue weighted by Gasteiger charge is -2.24. The molecule has 25 heavy (non-hydrogen) atoms. The second kappa shape index (κ2) is 8.81. The van der Waals surface area contributed by atoms with E-state index >= 15 is 0 Å². The summed E-state index contributed by atoms with van der Waals surface area (Å²) in [6, 6.07) is 7.95. The normalized spacial score (nSPS) is 12.6. The van der Waals surface area contributed by atoms with Gasteiger partial charge in [-0.2, -0.15) is 0 Å². The van der Waals surface area contributed by atoms with E-state index in [4.69, 9.17) is 0 Å². The van der Waals surface area contributed by atoms with E-state index in [-0.39, 0.29) is 18.2 Å². The van der Waals surface area contributed by atoms with Crippen LogP contribution in [0.15, 0.2) is 24.3 Å². The fourth-order valence-electron chi connectivity index (χ4n) is 2.36. The first kappa shape index (κ1) is 21.6. The Kier molecular flexibility index (Phi) is 7.62. The minimum Gasteiger partial charge on any atom is -0.351 e. The molecule has 1 aromatic carbocycles. The standard InChI is InChI=1S/C19H32N2O3S/c1-7-21(15(2)3)14-16-8-10-17(11-9-16)18(22)20-12-13-25(23,24)19(4,5)6/h8-11,15H,7,12-14H2,1-6H3,(H,20,22). The highest BCUT2D eigenvalue weighted by molar-refractivity contribution is 7.92. The predicted octanol–water partition coefficient (Wildman–Crippen LogP) is 2.86. The number of nitrogens with one attached hydrogen (secondary N) is 1. The van der Waals surface area contributed by atoms with Crippen LogP contribution in [0.25, 0.3) is 0 Å². The van der Waals surface area contributed by atoms with Crippen molar-refractivity contribution >= 4 is 15.7 Å². The van der Waals surface area contributed by atoms with Crippen LogP contribution in [0, 0.1) is 0 Å². The zero-order valence-electron chi connectivity index (χ0n) is 16.3. The van der Waals surface area contributed by atoms with E-state index in [1.54, 1.807) is 32.9 Å². The summed E-state index contributed by atoms with van der Waals surface area (Å²) in [6.45, 7) is 13.4. The first-order chi connectivity index (χ1) is 11.5. The average molecular weight is 369 g/mol. The monoisotopic (exact) mass is 368 g/mol. The molecule has 0 aliphatic heterocycles. The number of benzene rings is 1. The molecule has 0 radical (unpaired) electrons. The summed E-state index contributed by atoms with van der Waals surface area (Å²) in [4.78, 5) is 14.5. The van der Waals surface area contributed by atoms with Crippen molar-refractivity contribution in [3.63, 3.8) is 0 Å². The van der Waals surface area contributed by atoms with Crippen LogP contribution in [0.1, 0.15) is 57.5 Å². The maximum Gasteiger partial charge on any atom is 0.251 e. The molecule has 0 saturated heterocycles. The molecule has 142 valence electrons. The van der Waals surface area contributed by atoms with Gasteiger partial charge in [-0.1, -0.05) is 19.1 Å². The lowest BCUT2D eigenvalue weighted by Crippen LogP contribution is -2.36. The van der Waals surface area contributed by atoms with Crippen LogP contribution in [-0.4, -0.2) is 48.9 Å². The molecule has 0 aromatic heterocycles. The van der Waals surface area contributed by atoms with Gasteiger partial charge in [-0.25, -0.2) is 8.42 Å². The van der Waals surface area contributed by atoms with Crippen LogP contribution in [0.3, 0.4) is 0 Å². The van der Waals surface area contributed by atoms with Crippen LogP contribution in [-0.2, 0) is 16.4 Å². The van der Waals surface area contributed by atoms with Crippen LogP contribution in [0.2, 0.25) is 0 Å². The second-order valence-electron chi connectivity index (χ2n) is 7.54. The number of carbonyl (C=O) groups is 1. The van der Waals surface area contributed by atoms with Crippen molar-refractivity contribution in [2.45, 2.75) is 58.9 Å². The molecule has 0 fully saturated rings. The topological polar surface area (TPSA) is 66.5 Å². The first-order valence-electron chi connectivity index (χ1n) is 8.81. The van der Waals surface area contributed by atoms with E-state index in [2.05, 4.69) is 31.0 Å². The third-order valence-electron chi connectivity index (χ3n) is 4.33. The Morgan fingerprint density at radius 2 is 1.72 bits per heavy atom. The van der Waals surface area contributed by atoms with E-state index in [9.17, 15) is 13.2 Å². The van der Waals surface area contributed by atoms with Crippen molar-refractivity contribution in [1.82, 2.24) is 10.2 Å². The molecule has 5 nitrogen and oxygen atoms in total. The van der Waals surface area contributed by atoms with Crippen LogP contribution < -0.4 is 5.32 Å². The van der Waals surface area contributed by atoms with Gasteiger partial charge in [0.1, 0.15) is 0 Å². The second-order valence-corrected chi connectivity index (χ2v) is 10.4. The highest BCUT2D eigenvalue weighted by Gasteiger charge is 2.28. The van der Waals surface area contributed by atoms with Gasteiger partial charge in [-0.05, 0) is 58.9 Å². The maximum atomic E-state index is 12.2. The molecule has 0 bridgehead atoms. The van der Waals surface area contributed by atoms with Crippen LogP contribution in [0.5, 0.6) is 0 Å². The summed E-state index contributed by atoms with van der Waals surface area (Å²) in [5.41, 5.74) is 1.70. The Hall–Kier alpha value is -1.40. The zero-order chi connectivity index (χ0) is 19.3. The van der Waals surface area contributed by atoms with E-state index in [1.807, 2.05) is 12.1 Å². The molecule has 1 amide bonds. The average Bonchev–Trinajstić information content (AvgIpc) is 2.51. The van der Waals surface area contributed by atoms with Crippen molar-refractivity contribution in [2.24, 2.45) is 0 Å². The smallest absolute Gasteiger partial charge is 0.251 e. The highest BCUT2D eigenvalue weighted by Crippen LogP contribution is 2.15. The number of sulfone groups is 1. The van der Waals surface area contributed by atoms with Gasteiger partial charge < -0.3 is 5.32 Å². The van der Waals surface area contributed by atoms with Gasteiger partial charge in [0.2, 0.25) is 0 Å². The summed E-state index contributed by atoms with van der Waals surface area (Å²) in [5.74, 6) is -0.299. The van der Waals surface area contributed by atoms with E-state index in [0.29, 0.717) is 11.6 Å². The molecule has 0 saturated carbocycles. The summed E-state index contributed by atoms with van der Waals surface area (Å²) in [6.07, 6.45) is 0. The molecule has 0 heterocycles. The predicted molar refractivity (Wildman–Crippen MR) is 104 cm³/mol.